The lowest BCUT2D eigenvalue weighted by atomic mass is 10.1. The van der Waals surface area contributed by atoms with Crippen molar-refractivity contribution in [3.63, 3.8) is 0 Å². The molecule has 7 heteroatoms. The molecule has 3 rings (SSSR count). The Kier molecular flexibility index (Phi) is 6.60. The monoisotopic (exact) mass is 374 g/mol. The Hall–Kier alpha value is -1.96. The van der Waals surface area contributed by atoms with Crippen LogP contribution in [0.25, 0.3) is 0 Å². The average Bonchev–Trinajstić information content (AvgIpc) is 3.11. The summed E-state index contributed by atoms with van der Waals surface area (Å²) in [4.78, 5) is 20.7. The fraction of sp³-hybridized carbons (Fsp3) is 0.474. The van der Waals surface area contributed by atoms with Gasteiger partial charge in [-0.15, -0.1) is 11.3 Å². The number of carbonyl (C=O) groups is 1. The summed E-state index contributed by atoms with van der Waals surface area (Å²) >= 11 is 1.44. The molecule has 1 fully saturated rings. The van der Waals surface area contributed by atoms with Crippen molar-refractivity contribution < 1.29 is 9.53 Å². The predicted octanol–water partition coefficient (Wildman–Crippen LogP) is 2.40. The van der Waals surface area contributed by atoms with E-state index in [4.69, 9.17) is 4.74 Å². The van der Waals surface area contributed by atoms with Crippen LogP contribution in [0.15, 0.2) is 29.8 Å². The van der Waals surface area contributed by atoms with Gasteiger partial charge in [0.2, 0.25) is 5.91 Å². The fourth-order valence-corrected chi connectivity index (χ4v) is 3.61. The Morgan fingerprint density at radius 1 is 1.23 bits per heavy atom. The molecule has 0 bridgehead atoms. The van der Waals surface area contributed by atoms with Crippen LogP contribution < -0.4 is 10.1 Å². The zero-order valence-electron chi connectivity index (χ0n) is 15.4. The Labute approximate surface area is 158 Å². The number of anilines is 1. The predicted molar refractivity (Wildman–Crippen MR) is 105 cm³/mol. The van der Waals surface area contributed by atoms with Gasteiger partial charge in [-0.05, 0) is 25.5 Å². The van der Waals surface area contributed by atoms with Crippen LogP contribution in [-0.2, 0) is 4.79 Å². The number of rotatable bonds is 7. The Balaban J connectivity index is 1.34. The van der Waals surface area contributed by atoms with E-state index in [1.54, 1.807) is 6.20 Å². The van der Waals surface area contributed by atoms with E-state index in [1.165, 1.54) is 22.5 Å². The molecule has 1 aliphatic heterocycles. The summed E-state index contributed by atoms with van der Waals surface area (Å²) in [6.45, 7) is 9.91. The maximum atomic E-state index is 12.0. The molecular weight excluding hydrogens is 348 g/mol. The van der Waals surface area contributed by atoms with Crippen molar-refractivity contribution in [2.24, 2.45) is 0 Å². The molecule has 0 spiro atoms. The highest BCUT2D eigenvalue weighted by Gasteiger charge is 2.19. The Bertz CT molecular complexity index is 712. The molecule has 0 radical (unpaired) electrons. The van der Waals surface area contributed by atoms with Gasteiger partial charge in [-0.3, -0.25) is 14.6 Å². The molecule has 1 saturated heterocycles. The van der Waals surface area contributed by atoms with Crippen molar-refractivity contribution in [1.82, 2.24) is 14.8 Å². The van der Waals surface area contributed by atoms with Crippen molar-refractivity contribution in [1.29, 1.82) is 0 Å². The van der Waals surface area contributed by atoms with E-state index >= 15 is 0 Å². The highest BCUT2D eigenvalue weighted by molar-refractivity contribution is 7.13. The first-order valence-electron chi connectivity index (χ1n) is 8.94. The van der Waals surface area contributed by atoms with Gasteiger partial charge in [0.1, 0.15) is 12.4 Å². The minimum atomic E-state index is 0.00609. The number of piperazine rings is 1. The van der Waals surface area contributed by atoms with E-state index in [1.807, 2.05) is 11.4 Å². The first kappa shape index (κ1) is 18.8. The van der Waals surface area contributed by atoms with Crippen molar-refractivity contribution in [3.8, 4) is 5.75 Å². The lowest BCUT2D eigenvalue weighted by Crippen LogP contribution is -2.49. The third-order valence-corrected chi connectivity index (χ3v) is 5.19. The van der Waals surface area contributed by atoms with E-state index in [-0.39, 0.29) is 5.91 Å². The number of nitrogens with zero attached hydrogens (tertiary/aromatic N) is 3. The highest BCUT2D eigenvalue weighted by Crippen LogP contribution is 2.18. The van der Waals surface area contributed by atoms with Crippen LogP contribution in [0.5, 0.6) is 5.75 Å². The van der Waals surface area contributed by atoms with E-state index in [2.05, 4.69) is 46.1 Å². The zero-order chi connectivity index (χ0) is 18.4. The molecule has 1 aromatic carbocycles. The van der Waals surface area contributed by atoms with Gasteiger partial charge in [0.05, 0.1) is 6.54 Å². The van der Waals surface area contributed by atoms with Crippen LogP contribution in [0.2, 0.25) is 0 Å². The smallest absolute Gasteiger partial charge is 0.240 e. The molecule has 26 heavy (non-hydrogen) atoms. The number of benzene rings is 1. The second kappa shape index (κ2) is 9.12. The summed E-state index contributed by atoms with van der Waals surface area (Å²) < 4.78 is 5.92. The van der Waals surface area contributed by atoms with E-state index in [0.29, 0.717) is 18.3 Å². The summed E-state index contributed by atoms with van der Waals surface area (Å²) in [6, 6.07) is 6.27. The highest BCUT2D eigenvalue weighted by atomic mass is 32.1. The van der Waals surface area contributed by atoms with Gasteiger partial charge in [-0.1, -0.05) is 17.7 Å². The number of hydrogen-bond acceptors (Lipinski definition) is 6. The number of aromatic nitrogens is 1. The van der Waals surface area contributed by atoms with Gasteiger partial charge < -0.3 is 10.1 Å². The van der Waals surface area contributed by atoms with Gasteiger partial charge in [0.25, 0.3) is 0 Å². The molecule has 1 aliphatic rings. The lowest BCUT2D eigenvalue weighted by Gasteiger charge is -2.34. The van der Waals surface area contributed by atoms with Crippen LogP contribution >= 0.6 is 11.3 Å². The normalized spacial score (nSPS) is 15.8. The summed E-state index contributed by atoms with van der Waals surface area (Å²) in [6.07, 6.45) is 1.69. The van der Waals surface area contributed by atoms with Crippen LogP contribution in [-0.4, -0.2) is 66.6 Å². The number of ether oxygens (including phenoxy) is 1. The number of nitrogens with one attached hydrogen (secondary N) is 1. The fourth-order valence-electron chi connectivity index (χ4n) is 3.06. The second-order valence-electron chi connectivity index (χ2n) is 6.62. The molecule has 1 N–H and O–H groups in total. The maximum Gasteiger partial charge on any atom is 0.240 e. The van der Waals surface area contributed by atoms with Crippen molar-refractivity contribution >= 4 is 22.4 Å². The maximum absolute atomic E-state index is 12.0. The molecular formula is C19H26N4O2S. The third-order valence-electron chi connectivity index (χ3n) is 4.51. The third kappa shape index (κ3) is 5.52. The summed E-state index contributed by atoms with van der Waals surface area (Å²) in [5.41, 5.74) is 2.44. The minimum absolute atomic E-state index is 0.00609. The molecule has 6 nitrogen and oxygen atoms in total. The SMILES string of the molecule is Cc1ccc(OCCN2CCN(CC(=O)Nc3nccs3)CC2)c(C)c1. The van der Waals surface area contributed by atoms with E-state index in [0.717, 1.165) is 38.5 Å². The molecule has 140 valence electrons. The molecule has 0 aliphatic carbocycles. The molecule has 0 unspecified atom stereocenters. The standard InChI is InChI=1S/C19H26N4O2S/c1-15-3-4-17(16(2)13-15)25-11-10-22-6-8-23(9-7-22)14-18(24)21-19-20-5-12-26-19/h3-5,12-13H,6-11,14H2,1-2H3,(H,20,21,24). The van der Waals surface area contributed by atoms with Gasteiger partial charge in [-0.2, -0.15) is 0 Å². The Morgan fingerprint density at radius 2 is 2.00 bits per heavy atom. The summed E-state index contributed by atoms with van der Waals surface area (Å²) in [5.74, 6) is 0.972. The molecule has 0 atom stereocenters. The number of hydrogen-bond donors (Lipinski definition) is 1. The minimum Gasteiger partial charge on any atom is -0.492 e. The van der Waals surface area contributed by atoms with Crippen LogP contribution in [0.3, 0.4) is 0 Å². The largest absolute Gasteiger partial charge is 0.492 e. The zero-order valence-corrected chi connectivity index (χ0v) is 16.2. The van der Waals surface area contributed by atoms with Crippen LogP contribution in [0.4, 0.5) is 5.13 Å². The number of thiazole rings is 1. The molecule has 2 aromatic rings. The van der Waals surface area contributed by atoms with Crippen molar-refractivity contribution in [2.75, 3.05) is 51.2 Å². The Morgan fingerprint density at radius 3 is 2.69 bits per heavy atom. The second-order valence-corrected chi connectivity index (χ2v) is 7.52. The first-order chi connectivity index (χ1) is 12.6. The average molecular weight is 375 g/mol. The molecule has 0 saturated carbocycles. The molecule has 1 aromatic heterocycles. The topological polar surface area (TPSA) is 57.7 Å². The molecule has 1 amide bonds. The van der Waals surface area contributed by atoms with Gasteiger partial charge >= 0.3 is 0 Å². The van der Waals surface area contributed by atoms with Gasteiger partial charge in [0, 0.05) is 44.3 Å². The number of amides is 1. The quantitative estimate of drug-likeness (QED) is 0.806. The van der Waals surface area contributed by atoms with E-state index < -0.39 is 0 Å². The van der Waals surface area contributed by atoms with Crippen molar-refractivity contribution in [3.05, 3.63) is 40.9 Å². The summed E-state index contributed by atoms with van der Waals surface area (Å²) in [7, 11) is 0. The van der Waals surface area contributed by atoms with Crippen LogP contribution in [0.1, 0.15) is 11.1 Å². The number of aryl methyl sites for hydroxylation is 2. The van der Waals surface area contributed by atoms with Gasteiger partial charge in [-0.25, -0.2) is 4.98 Å². The van der Waals surface area contributed by atoms with Gasteiger partial charge in [0.15, 0.2) is 5.13 Å². The first-order valence-corrected chi connectivity index (χ1v) is 9.82. The lowest BCUT2D eigenvalue weighted by molar-refractivity contribution is -0.117. The molecule has 2 heterocycles. The number of carbonyl (C=O) groups excluding carboxylic acids is 1. The van der Waals surface area contributed by atoms with Crippen molar-refractivity contribution in [2.45, 2.75) is 13.8 Å². The van der Waals surface area contributed by atoms with E-state index in [9.17, 15) is 4.79 Å². The van der Waals surface area contributed by atoms with Crippen LogP contribution in [0, 0.1) is 13.8 Å². The summed E-state index contributed by atoms with van der Waals surface area (Å²) in [5, 5.41) is 5.36.